The average Bonchev–Trinajstić information content (AvgIpc) is 3.38. The van der Waals surface area contributed by atoms with Crippen LogP contribution in [-0.2, 0) is 0 Å². The molecule has 6 aromatic carbocycles. The van der Waals surface area contributed by atoms with Crippen LogP contribution in [0.4, 0.5) is 0 Å². The van der Waals surface area contributed by atoms with E-state index < -0.39 is 0 Å². The number of rotatable bonds is 3. The van der Waals surface area contributed by atoms with Gasteiger partial charge in [-0.1, -0.05) is 103 Å². The van der Waals surface area contributed by atoms with Crippen molar-refractivity contribution in [3.8, 4) is 0 Å². The van der Waals surface area contributed by atoms with E-state index in [2.05, 4.69) is 115 Å². The molecule has 0 spiro atoms. The van der Waals surface area contributed by atoms with Gasteiger partial charge in [0.25, 0.3) is 0 Å². The first-order chi connectivity index (χ1) is 19.3. The predicted molar refractivity (Wildman–Crippen MR) is 161 cm³/mol. The summed E-state index contributed by atoms with van der Waals surface area (Å²) in [6.07, 6.45) is -0.383. The van der Waals surface area contributed by atoms with Crippen molar-refractivity contribution in [1.82, 2.24) is 5.32 Å². The normalized spacial score (nSPS) is 15.4. The van der Waals surface area contributed by atoms with Crippen molar-refractivity contribution in [3.05, 3.63) is 144 Å². The summed E-state index contributed by atoms with van der Waals surface area (Å²) in [6, 6.07) is 44.1. The second-order valence-electron chi connectivity index (χ2n) is 9.90. The van der Waals surface area contributed by atoms with Crippen molar-refractivity contribution in [2.75, 3.05) is 0 Å². The van der Waals surface area contributed by atoms with Gasteiger partial charge in [0.2, 0.25) is 0 Å². The minimum absolute atomic E-state index is 0.383. The SMILES string of the molecule is c1ccc2cc(C3N=C(c4ccc5c(c4)oc4ccccc45)NC(c4cccc5ccccc45)=N3)ccc2c1. The lowest BCUT2D eigenvalue weighted by molar-refractivity contribution is 0.668. The van der Waals surface area contributed by atoms with E-state index in [0.29, 0.717) is 0 Å². The highest BCUT2D eigenvalue weighted by Gasteiger charge is 2.22. The molecule has 0 radical (unpaired) electrons. The molecule has 4 nitrogen and oxygen atoms in total. The van der Waals surface area contributed by atoms with Gasteiger partial charge in [-0.25, -0.2) is 9.98 Å². The number of furan rings is 1. The molecule has 4 heteroatoms. The smallest absolute Gasteiger partial charge is 0.169 e. The summed E-state index contributed by atoms with van der Waals surface area (Å²) in [4.78, 5) is 10.3. The number of amidine groups is 2. The Morgan fingerprint density at radius 1 is 0.513 bits per heavy atom. The van der Waals surface area contributed by atoms with Crippen LogP contribution < -0.4 is 5.32 Å². The summed E-state index contributed by atoms with van der Waals surface area (Å²) in [6.45, 7) is 0. The van der Waals surface area contributed by atoms with E-state index in [0.717, 1.165) is 55.7 Å². The highest BCUT2D eigenvalue weighted by Crippen LogP contribution is 2.32. The number of benzene rings is 6. The molecule has 184 valence electrons. The minimum Gasteiger partial charge on any atom is -0.456 e. The van der Waals surface area contributed by atoms with Crippen molar-refractivity contribution in [2.45, 2.75) is 6.17 Å². The molecule has 2 heterocycles. The Labute approximate surface area is 224 Å². The lowest BCUT2D eigenvalue weighted by atomic mass is 10.0. The van der Waals surface area contributed by atoms with Gasteiger partial charge < -0.3 is 9.73 Å². The number of aliphatic imine (C=N–C) groups is 2. The fourth-order valence-electron chi connectivity index (χ4n) is 5.56. The van der Waals surface area contributed by atoms with Crippen LogP contribution in [0.25, 0.3) is 43.5 Å². The number of hydrogen-bond donors (Lipinski definition) is 1. The molecular formula is C35H23N3O. The van der Waals surface area contributed by atoms with E-state index in [1.165, 1.54) is 16.2 Å². The van der Waals surface area contributed by atoms with Gasteiger partial charge >= 0.3 is 0 Å². The fourth-order valence-corrected chi connectivity index (χ4v) is 5.56. The summed E-state index contributed by atoms with van der Waals surface area (Å²) in [5.74, 6) is 1.58. The molecule has 1 aliphatic rings. The Morgan fingerprint density at radius 3 is 2.15 bits per heavy atom. The second kappa shape index (κ2) is 8.67. The zero-order valence-electron chi connectivity index (χ0n) is 21.0. The molecule has 0 amide bonds. The first kappa shape index (κ1) is 21.8. The summed E-state index contributed by atoms with van der Waals surface area (Å²) in [5, 5.41) is 10.5. The van der Waals surface area contributed by atoms with Crippen molar-refractivity contribution in [3.63, 3.8) is 0 Å². The topological polar surface area (TPSA) is 49.9 Å². The van der Waals surface area contributed by atoms with Crippen LogP contribution in [0.1, 0.15) is 22.9 Å². The first-order valence-corrected chi connectivity index (χ1v) is 13.1. The maximum absolute atomic E-state index is 6.20. The monoisotopic (exact) mass is 501 g/mol. The van der Waals surface area contributed by atoms with Crippen LogP contribution in [0.2, 0.25) is 0 Å². The van der Waals surface area contributed by atoms with Gasteiger partial charge in [-0.2, -0.15) is 0 Å². The molecule has 1 aromatic heterocycles. The maximum atomic E-state index is 6.20. The van der Waals surface area contributed by atoms with Crippen LogP contribution in [-0.4, -0.2) is 11.7 Å². The van der Waals surface area contributed by atoms with Crippen LogP contribution >= 0.6 is 0 Å². The van der Waals surface area contributed by atoms with E-state index in [4.69, 9.17) is 14.4 Å². The van der Waals surface area contributed by atoms with E-state index in [1.54, 1.807) is 0 Å². The quantitative estimate of drug-likeness (QED) is 0.264. The molecule has 0 bridgehead atoms. The van der Waals surface area contributed by atoms with Crippen LogP contribution in [0, 0.1) is 0 Å². The molecule has 1 N–H and O–H groups in total. The molecule has 0 fully saturated rings. The number of nitrogens with zero attached hydrogens (tertiary/aromatic N) is 2. The van der Waals surface area contributed by atoms with Gasteiger partial charge in [0, 0.05) is 21.9 Å². The van der Waals surface area contributed by atoms with Crippen molar-refractivity contribution >= 4 is 55.2 Å². The molecule has 1 atom stereocenters. The van der Waals surface area contributed by atoms with Crippen LogP contribution in [0.3, 0.4) is 0 Å². The average molecular weight is 502 g/mol. The molecular weight excluding hydrogens is 478 g/mol. The lowest BCUT2D eigenvalue weighted by Gasteiger charge is -2.23. The Balaban J connectivity index is 1.30. The lowest BCUT2D eigenvalue weighted by Crippen LogP contribution is -2.36. The zero-order valence-corrected chi connectivity index (χ0v) is 21.0. The van der Waals surface area contributed by atoms with E-state index in [9.17, 15) is 0 Å². The molecule has 1 aliphatic heterocycles. The molecule has 1 unspecified atom stereocenters. The molecule has 0 saturated heterocycles. The van der Waals surface area contributed by atoms with Crippen molar-refractivity contribution in [2.24, 2.45) is 9.98 Å². The van der Waals surface area contributed by atoms with Crippen molar-refractivity contribution in [1.29, 1.82) is 0 Å². The minimum atomic E-state index is -0.383. The third kappa shape index (κ3) is 3.69. The van der Waals surface area contributed by atoms with Gasteiger partial charge in [-0.3, -0.25) is 0 Å². The molecule has 0 saturated carbocycles. The highest BCUT2D eigenvalue weighted by molar-refractivity contribution is 6.20. The molecule has 8 rings (SSSR count). The molecule has 0 aliphatic carbocycles. The third-order valence-corrected chi connectivity index (χ3v) is 7.51. The fraction of sp³-hybridized carbons (Fsp3) is 0.0286. The standard InChI is InChI=1S/C35H23N3O/c1-2-10-24-20-25(17-16-22(24)8-1)33-36-34(26-18-19-29-28-13-5-6-15-31(28)39-32(29)21-26)38-35(37-33)30-14-7-11-23-9-3-4-12-27(23)30/h1-21,33H,(H,36,37,38). The summed E-state index contributed by atoms with van der Waals surface area (Å²) >= 11 is 0. The van der Waals surface area contributed by atoms with Gasteiger partial charge in [-0.15, -0.1) is 0 Å². The summed E-state index contributed by atoms with van der Waals surface area (Å²) in [7, 11) is 0. The van der Waals surface area contributed by atoms with Gasteiger partial charge in [0.15, 0.2) is 6.17 Å². The van der Waals surface area contributed by atoms with Gasteiger partial charge in [-0.05, 0) is 51.4 Å². The predicted octanol–water partition coefficient (Wildman–Crippen LogP) is 8.39. The number of para-hydroxylation sites is 1. The van der Waals surface area contributed by atoms with Gasteiger partial charge in [0.05, 0.1) is 0 Å². The van der Waals surface area contributed by atoms with Crippen LogP contribution in [0.5, 0.6) is 0 Å². The van der Waals surface area contributed by atoms with E-state index >= 15 is 0 Å². The largest absolute Gasteiger partial charge is 0.456 e. The highest BCUT2D eigenvalue weighted by atomic mass is 16.3. The first-order valence-electron chi connectivity index (χ1n) is 13.1. The number of fused-ring (bicyclic) bond motifs is 5. The Hall–Kier alpha value is -5.22. The Kier molecular flexibility index (Phi) is 4.85. The van der Waals surface area contributed by atoms with E-state index in [-0.39, 0.29) is 6.17 Å². The Morgan fingerprint density at radius 2 is 1.23 bits per heavy atom. The number of hydrogen-bond acceptors (Lipinski definition) is 4. The molecule has 39 heavy (non-hydrogen) atoms. The van der Waals surface area contributed by atoms with Crippen molar-refractivity contribution < 1.29 is 4.42 Å². The second-order valence-corrected chi connectivity index (χ2v) is 9.90. The Bertz CT molecular complexity index is 2110. The van der Waals surface area contributed by atoms with E-state index in [1.807, 2.05) is 18.2 Å². The maximum Gasteiger partial charge on any atom is 0.169 e. The summed E-state index contributed by atoms with van der Waals surface area (Å²) in [5.41, 5.74) is 4.79. The molecule has 7 aromatic rings. The zero-order chi connectivity index (χ0) is 25.8. The third-order valence-electron chi connectivity index (χ3n) is 7.51. The van der Waals surface area contributed by atoms with Crippen LogP contribution in [0.15, 0.2) is 142 Å². The van der Waals surface area contributed by atoms with Gasteiger partial charge in [0.1, 0.15) is 22.8 Å². The number of nitrogens with one attached hydrogen (secondary N) is 1. The summed E-state index contributed by atoms with van der Waals surface area (Å²) < 4.78 is 6.20.